The Bertz CT molecular complexity index is 718. The first-order chi connectivity index (χ1) is 13.2. The van der Waals surface area contributed by atoms with Crippen LogP contribution in [0.15, 0.2) is 29.3 Å². The number of hydrogen-bond acceptors (Lipinski definition) is 4. The lowest BCUT2D eigenvalue weighted by Gasteiger charge is -2.22. The number of benzene rings is 1. The molecule has 11 heteroatoms. The van der Waals surface area contributed by atoms with Crippen molar-refractivity contribution in [3.8, 4) is 5.75 Å². The van der Waals surface area contributed by atoms with Crippen molar-refractivity contribution < 1.29 is 21.9 Å². The van der Waals surface area contributed by atoms with E-state index in [1.165, 1.54) is 22.7 Å². The summed E-state index contributed by atoms with van der Waals surface area (Å²) < 4.78 is 53.4. The zero-order valence-corrected chi connectivity index (χ0v) is 20.4. The molecule has 0 aliphatic rings. The Balaban J connectivity index is 0.00000784. The van der Waals surface area contributed by atoms with E-state index >= 15 is 0 Å². The van der Waals surface area contributed by atoms with E-state index in [1.54, 1.807) is 19.1 Å². The van der Waals surface area contributed by atoms with Crippen LogP contribution in [0.2, 0.25) is 0 Å². The molecule has 1 aromatic rings. The lowest BCUT2D eigenvalue weighted by Crippen LogP contribution is -2.38. The summed E-state index contributed by atoms with van der Waals surface area (Å²) >= 11 is 0. The van der Waals surface area contributed by atoms with Gasteiger partial charge in [0.25, 0.3) is 0 Å². The highest BCUT2D eigenvalue weighted by Crippen LogP contribution is 2.15. The summed E-state index contributed by atoms with van der Waals surface area (Å²) in [4.78, 5) is 6.46. The lowest BCUT2D eigenvalue weighted by molar-refractivity contribution is -0.0498. The van der Waals surface area contributed by atoms with Gasteiger partial charge in [-0.1, -0.05) is 19.1 Å². The molecule has 0 radical (unpaired) electrons. The van der Waals surface area contributed by atoms with Crippen molar-refractivity contribution >= 4 is 40.0 Å². The fraction of sp³-hybridized carbons (Fsp3) is 0.611. The van der Waals surface area contributed by atoms with E-state index in [1.807, 2.05) is 18.9 Å². The molecule has 7 nitrogen and oxygen atoms in total. The maximum Gasteiger partial charge on any atom is 0.387 e. The zero-order chi connectivity index (χ0) is 21.2. The molecular formula is C18H31F2IN4O3S. The van der Waals surface area contributed by atoms with E-state index in [0.717, 1.165) is 5.56 Å². The Morgan fingerprint density at radius 3 is 2.34 bits per heavy atom. The predicted molar refractivity (Wildman–Crippen MR) is 123 cm³/mol. The standard InChI is InChI=1S/C18H30F2N4O3S.HI/c1-5-21-18(22-12-7-13-24(6-2)28(4,25)26)23(3)14-15-8-10-16(11-9-15)27-17(19)20;/h8-11,17H,5-7,12-14H2,1-4H3,(H,21,22);1H. The van der Waals surface area contributed by atoms with Crippen molar-refractivity contribution in [3.63, 3.8) is 0 Å². The SMILES string of the molecule is CCNC(=NCCCN(CC)S(C)(=O)=O)N(C)Cc1ccc(OC(F)F)cc1.I. The van der Waals surface area contributed by atoms with E-state index in [0.29, 0.717) is 45.1 Å². The number of nitrogens with zero attached hydrogens (tertiary/aromatic N) is 3. The minimum Gasteiger partial charge on any atom is -0.435 e. The minimum absolute atomic E-state index is 0. The van der Waals surface area contributed by atoms with Crippen molar-refractivity contribution in [2.24, 2.45) is 4.99 Å². The third-order valence-electron chi connectivity index (χ3n) is 3.91. The molecule has 0 heterocycles. The minimum atomic E-state index is -3.19. The molecule has 0 amide bonds. The number of hydrogen-bond donors (Lipinski definition) is 1. The molecule has 1 aromatic carbocycles. The maximum atomic E-state index is 12.2. The highest BCUT2D eigenvalue weighted by Gasteiger charge is 2.13. The van der Waals surface area contributed by atoms with Gasteiger partial charge in [-0.15, -0.1) is 24.0 Å². The van der Waals surface area contributed by atoms with E-state index in [4.69, 9.17) is 0 Å². The number of guanidine groups is 1. The second-order valence-corrected chi connectivity index (χ2v) is 8.20. The van der Waals surface area contributed by atoms with Gasteiger partial charge < -0.3 is 15.0 Å². The summed E-state index contributed by atoms with van der Waals surface area (Å²) in [6.45, 7) is 3.50. The average Bonchev–Trinajstić information content (AvgIpc) is 2.60. The first-order valence-electron chi connectivity index (χ1n) is 9.15. The molecule has 0 unspecified atom stereocenters. The summed E-state index contributed by atoms with van der Waals surface area (Å²) in [6.07, 6.45) is 1.82. The van der Waals surface area contributed by atoms with Crippen LogP contribution in [0.3, 0.4) is 0 Å². The van der Waals surface area contributed by atoms with E-state index in [-0.39, 0.29) is 29.7 Å². The van der Waals surface area contributed by atoms with Crippen LogP contribution in [0.1, 0.15) is 25.8 Å². The number of rotatable bonds is 11. The molecule has 168 valence electrons. The predicted octanol–water partition coefficient (Wildman–Crippen LogP) is 2.97. The first kappa shape index (κ1) is 27.8. The highest BCUT2D eigenvalue weighted by molar-refractivity contribution is 14.0. The fourth-order valence-corrected chi connectivity index (χ4v) is 3.51. The summed E-state index contributed by atoms with van der Waals surface area (Å²) in [5.41, 5.74) is 0.920. The molecule has 1 N–H and O–H groups in total. The molecule has 0 aliphatic carbocycles. The largest absolute Gasteiger partial charge is 0.435 e. The van der Waals surface area contributed by atoms with Crippen LogP contribution in [-0.2, 0) is 16.6 Å². The quantitative estimate of drug-likeness (QED) is 0.199. The summed E-state index contributed by atoms with van der Waals surface area (Å²) in [7, 11) is -1.32. The van der Waals surface area contributed by atoms with Crippen molar-refractivity contribution in [1.82, 2.24) is 14.5 Å². The maximum absolute atomic E-state index is 12.2. The van der Waals surface area contributed by atoms with Gasteiger partial charge in [-0.25, -0.2) is 12.7 Å². The van der Waals surface area contributed by atoms with Gasteiger partial charge in [0.15, 0.2) is 5.96 Å². The van der Waals surface area contributed by atoms with Crippen molar-refractivity contribution in [2.75, 3.05) is 39.5 Å². The van der Waals surface area contributed by atoms with Gasteiger partial charge in [0.05, 0.1) is 6.26 Å². The van der Waals surface area contributed by atoms with Crippen LogP contribution in [0.4, 0.5) is 8.78 Å². The van der Waals surface area contributed by atoms with E-state index in [9.17, 15) is 17.2 Å². The van der Waals surface area contributed by atoms with Gasteiger partial charge in [-0.3, -0.25) is 4.99 Å². The Morgan fingerprint density at radius 2 is 1.86 bits per heavy atom. The normalized spacial score (nSPS) is 12.1. The molecule has 0 bridgehead atoms. The number of ether oxygens (including phenoxy) is 1. The van der Waals surface area contributed by atoms with Crippen LogP contribution in [0.5, 0.6) is 5.75 Å². The number of sulfonamides is 1. The monoisotopic (exact) mass is 548 g/mol. The van der Waals surface area contributed by atoms with Gasteiger partial charge >= 0.3 is 6.61 Å². The van der Waals surface area contributed by atoms with Gasteiger partial charge in [-0.05, 0) is 31.0 Å². The molecule has 0 atom stereocenters. The highest BCUT2D eigenvalue weighted by atomic mass is 127. The molecule has 0 fully saturated rings. The third kappa shape index (κ3) is 10.9. The smallest absolute Gasteiger partial charge is 0.387 e. The first-order valence-corrected chi connectivity index (χ1v) is 11.0. The fourth-order valence-electron chi connectivity index (χ4n) is 2.59. The number of nitrogens with one attached hydrogen (secondary N) is 1. The molecule has 0 spiro atoms. The van der Waals surface area contributed by atoms with Gasteiger partial charge in [0, 0.05) is 39.8 Å². The summed E-state index contributed by atoms with van der Waals surface area (Å²) in [5.74, 6) is 0.811. The summed E-state index contributed by atoms with van der Waals surface area (Å²) in [5, 5.41) is 3.19. The van der Waals surface area contributed by atoms with E-state index in [2.05, 4.69) is 15.0 Å². The molecule has 29 heavy (non-hydrogen) atoms. The number of alkyl halides is 2. The number of aliphatic imine (C=N–C) groups is 1. The van der Waals surface area contributed by atoms with Crippen molar-refractivity contribution in [2.45, 2.75) is 33.4 Å². The summed E-state index contributed by atoms with van der Waals surface area (Å²) in [6, 6.07) is 6.46. The van der Waals surface area contributed by atoms with Crippen LogP contribution in [0.25, 0.3) is 0 Å². The average molecular weight is 548 g/mol. The topological polar surface area (TPSA) is 74.2 Å². The Hall–Kier alpha value is -1.21. The molecule has 0 aliphatic heterocycles. The second kappa shape index (κ2) is 13.9. The van der Waals surface area contributed by atoms with Gasteiger partial charge in [-0.2, -0.15) is 8.78 Å². The molecular weight excluding hydrogens is 517 g/mol. The molecule has 0 saturated carbocycles. The van der Waals surface area contributed by atoms with E-state index < -0.39 is 16.6 Å². The van der Waals surface area contributed by atoms with Crippen LogP contribution in [-0.4, -0.2) is 69.7 Å². The van der Waals surface area contributed by atoms with Gasteiger partial charge in [0.2, 0.25) is 10.0 Å². The second-order valence-electron chi connectivity index (χ2n) is 6.22. The Labute approximate surface area is 189 Å². The van der Waals surface area contributed by atoms with Crippen molar-refractivity contribution in [3.05, 3.63) is 29.8 Å². The molecule has 0 aromatic heterocycles. The van der Waals surface area contributed by atoms with Crippen LogP contribution >= 0.6 is 24.0 Å². The van der Waals surface area contributed by atoms with Gasteiger partial charge in [0.1, 0.15) is 5.75 Å². The number of halogens is 3. The zero-order valence-electron chi connectivity index (χ0n) is 17.3. The Kier molecular flexibility index (Phi) is 13.3. The van der Waals surface area contributed by atoms with Crippen LogP contribution in [0, 0.1) is 0 Å². The Morgan fingerprint density at radius 1 is 1.24 bits per heavy atom. The lowest BCUT2D eigenvalue weighted by atomic mass is 10.2. The molecule has 1 rings (SSSR count). The molecule has 0 saturated heterocycles. The third-order valence-corrected chi connectivity index (χ3v) is 5.29. The van der Waals surface area contributed by atoms with Crippen LogP contribution < -0.4 is 10.1 Å². The van der Waals surface area contributed by atoms with Crippen molar-refractivity contribution in [1.29, 1.82) is 0 Å².